The highest BCUT2D eigenvalue weighted by Crippen LogP contribution is 2.06. The summed E-state index contributed by atoms with van der Waals surface area (Å²) in [7, 11) is 2.82. The van der Waals surface area contributed by atoms with Gasteiger partial charge in [0.2, 0.25) is 17.6 Å². The Morgan fingerprint density at radius 3 is 2.17 bits per heavy atom. The minimum Gasteiger partial charge on any atom is -0.480 e. The molecule has 0 fully saturated rings. The number of hydrogen-bond donors (Lipinski definition) is 5. The van der Waals surface area contributed by atoms with Crippen molar-refractivity contribution in [3.05, 3.63) is 0 Å². The van der Waals surface area contributed by atoms with Gasteiger partial charge in [0.1, 0.15) is 18.6 Å². The molecule has 6 N–H and O–H groups in total. The molecule has 0 aromatic rings. The number of aliphatic carboxylic acids is 2. The zero-order valence-electron chi connectivity index (χ0n) is 15.9. The number of Topliss-reactive ketones (excluding diaryl/α,β-unsaturated/α-hetero) is 1. The first kappa shape index (κ1) is 29.0. The normalized spacial score (nSPS) is 12.0. The summed E-state index contributed by atoms with van der Waals surface area (Å²) < 4.78 is 0. The van der Waals surface area contributed by atoms with Crippen LogP contribution >= 0.6 is 28.7 Å². The summed E-state index contributed by atoms with van der Waals surface area (Å²) in [6, 6.07) is -2.42. The van der Waals surface area contributed by atoms with Crippen molar-refractivity contribution < 1.29 is 39.0 Å². The average molecular weight is 501 g/mol. The van der Waals surface area contributed by atoms with Crippen LogP contribution in [0.25, 0.3) is 0 Å². The number of nitrogens with two attached hydrogens (primary N) is 1. The Kier molecular flexibility index (Phi) is 14.8. The van der Waals surface area contributed by atoms with Gasteiger partial charge in [-0.2, -0.15) is 11.8 Å². The van der Waals surface area contributed by atoms with Crippen LogP contribution in [-0.4, -0.2) is 94.8 Å². The van der Waals surface area contributed by atoms with Gasteiger partial charge in [0.15, 0.2) is 0 Å². The maximum atomic E-state index is 12.1. The molecule has 166 valence electrons. The number of carboxylic acids is 2. The highest BCUT2D eigenvalue weighted by atomic mass is 79.9. The molecule has 0 aromatic carbocycles. The molecular weight excluding hydrogens is 476 g/mol. The van der Waals surface area contributed by atoms with Crippen molar-refractivity contribution in [1.82, 2.24) is 15.5 Å². The van der Waals surface area contributed by atoms with Crippen LogP contribution in [0.5, 0.6) is 0 Å². The Morgan fingerprint density at radius 1 is 1.10 bits per heavy atom. The maximum Gasteiger partial charge on any atom is 0.322 e. The lowest BCUT2D eigenvalue weighted by Crippen LogP contribution is -2.49. The van der Waals surface area contributed by atoms with Gasteiger partial charge in [-0.25, -0.2) is 0 Å². The van der Waals surface area contributed by atoms with Crippen molar-refractivity contribution in [3.8, 4) is 0 Å². The van der Waals surface area contributed by atoms with Crippen LogP contribution in [0, 0.1) is 0 Å². The molecule has 0 rings (SSSR count). The lowest BCUT2D eigenvalue weighted by Gasteiger charge is -2.18. The molecule has 3 amide bonds. The smallest absolute Gasteiger partial charge is 0.322 e. The average Bonchev–Trinajstić information content (AvgIpc) is 2.61. The third-order valence-corrected chi connectivity index (χ3v) is 4.26. The summed E-state index contributed by atoms with van der Waals surface area (Å²) in [5.74, 6) is -5.77. The predicted molar refractivity (Wildman–Crippen MR) is 109 cm³/mol. The molecular formula is C15H25BrN4O8S. The molecule has 0 heterocycles. The standard InChI is InChI=1S/C15H24N4O8S.BrH/c1-19(2)14(25)10(20)7-28-6-9(13(24)17-5-12(22)23)18-11(21)4-3-8(16)15(26)27;/h8-9H,3-7,16H2,1-2H3,(H,17,24)(H,18,21)(H,22,23)(H,26,27);1H. The van der Waals surface area contributed by atoms with Gasteiger partial charge in [-0.3, -0.25) is 28.8 Å². The molecule has 0 radical (unpaired) electrons. The number of hydrogen-bond acceptors (Lipinski definition) is 8. The molecule has 0 saturated carbocycles. The van der Waals surface area contributed by atoms with Gasteiger partial charge in [0.25, 0.3) is 5.91 Å². The number of halogens is 1. The van der Waals surface area contributed by atoms with E-state index in [0.29, 0.717) is 0 Å². The lowest BCUT2D eigenvalue weighted by atomic mass is 10.1. The Morgan fingerprint density at radius 2 is 1.69 bits per heavy atom. The van der Waals surface area contributed by atoms with Gasteiger partial charge < -0.3 is 31.5 Å². The molecule has 0 spiro atoms. The van der Waals surface area contributed by atoms with Gasteiger partial charge in [0, 0.05) is 26.3 Å². The highest BCUT2D eigenvalue weighted by molar-refractivity contribution is 8.93. The zero-order chi connectivity index (χ0) is 21.9. The molecule has 14 heteroatoms. The summed E-state index contributed by atoms with van der Waals surface area (Å²) in [6.07, 6.45) is -0.424. The van der Waals surface area contributed by atoms with Crippen LogP contribution in [0.4, 0.5) is 0 Å². The molecule has 2 atom stereocenters. The minimum atomic E-state index is -1.29. The summed E-state index contributed by atoms with van der Waals surface area (Å²) in [6.45, 7) is -0.669. The topological polar surface area (TPSA) is 196 Å². The van der Waals surface area contributed by atoms with E-state index in [4.69, 9.17) is 15.9 Å². The summed E-state index contributed by atoms with van der Waals surface area (Å²) >= 11 is 0.910. The van der Waals surface area contributed by atoms with Crippen molar-refractivity contribution in [3.63, 3.8) is 0 Å². The molecule has 12 nitrogen and oxygen atoms in total. The number of likely N-dealkylation sites (N-methyl/N-ethyl adjacent to an activating group) is 1. The van der Waals surface area contributed by atoms with E-state index in [2.05, 4.69) is 10.6 Å². The van der Waals surface area contributed by atoms with Crippen molar-refractivity contribution in [1.29, 1.82) is 0 Å². The van der Waals surface area contributed by atoms with Crippen LogP contribution in [0.2, 0.25) is 0 Å². The third-order valence-electron chi connectivity index (χ3n) is 3.23. The van der Waals surface area contributed by atoms with Gasteiger partial charge in [-0.15, -0.1) is 17.0 Å². The summed E-state index contributed by atoms with van der Waals surface area (Å²) in [5, 5.41) is 21.8. The molecule has 0 aliphatic carbocycles. The minimum absolute atomic E-state index is 0. The second-order valence-electron chi connectivity index (χ2n) is 5.85. The first-order valence-electron chi connectivity index (χ1n) is 8.05. The first-order chi connectivity index (χ1) is 13.0. The van der Waals surface area contributed by atoms with Crippen LogP contribution < -0.4 is 16.4 Å². The first-order valence-corrected chi connectivity index (χ1v) is 9.20. The number of nitrogens with one attached hydrogen (secondary N) is 2. The van der Waals surface area contributed by atoms with E-state index in [9.17, 15) is 28.8 Å². The Balaban J connectivity index is 0. The van der Waals surface area contributed by atoms with E-state index < -0.39 is 54.1 Å². The fraction of sp³-hybridized carbons (Fsp3) is 0.600. The quantitative estimate of drug-likeness (QED) is 0.173. The summed E-state index contributed by atoms with van der Waals surface area (Å²) in [4.78, 5) is 69.5. The van der Waals surface area contributed by atoms with E-state index in [1.807, 2.05) is 0 Å². The molecule has 0 saturated heterocycles. The van der Waals surface area contributed by atoms with Crippen LogP contribution in [0.3, 0.4) is 0 Å². The highest BCUT2D eigenvalue weighted by Gasteiger charge is 2.24. The second-order valence-corrected chi connectivity index (χ2v) is 6.88. The second kappa shape index (κ2) is 14.8. The Labute approximate surface area is 181 Å². The fourth-order valence-corrected chi connectivity index (χ4v) is 2.62. The SMILES string of the molecule is Br.CN(C)C(=O)C(=O)CSCC(NC(=O)CCC(N)C(=O)O)C(=O)NCC(=O)O. The van der Waals surface area contributed by atoms with Crippen molar-refractivity contribution in [2.24, 2.45) is 5.73 Å². The lowest BCUT2D eigenvalue weighted by molar-refractivity contribution is -0.141. The van der Waals surface area contributed by atoms with Crippen LogP contribution in [-0.2, 0) is 28.8 Å². The van der Waals surface area contributed by atoms with Crippen LogP contribution in [0.1, 0.15) is 12.8 Å². The van der Waals surface area contributed by atoms with E-state index in [1.54, 1.807) is 0 Å². The number of thioether (sulfide) groups is 1. The van der Waals surface area contributed by atoms with E-state index in [0.717, 1.165) is 16.7 Å². The van der Waals surface area contributed by atoms with Crippen molar-refractivity contribution >= 4 is 64.2 Å². The van der Waals surface area contributed by atoms with Gasteiger partial charge >= 0.3 is 11.9 Å². The maximum absolute atomic E-state index is 12.1. The van der Waals surface area contributed by atoms with Crippen molar-refractivity contribution in [2.45, 2.75) is 24.9 Å². The number of nitrogens with zero attached hydrogens (tertiary/aromatic N) is 1. The predicted octanol–water partition coefficient (Wildman–Crippen LogP) is -2.17. The fourth-order valence-electron chi connectivity index (χ4n) is 1.73. The summed E-state index contributed by atoms with van der Waals surface area (Å²) in [5.41, 5.74) is 5.30. The number of ketones is 1. The Bertz CT molecular complexity index is 631. The number of amides is 3. The van der Waals surface area contributed by atoms with Gasteiger partial charge in [-0.1, -0.05) is 0 Å². The largest absolute Gasteiger partial charge is 0.480 e. The monoisotopic (exact) mass is 500 g/mol. The van der Waals surface area contributed by atoms with Gasteiger partial charge in [-0.05, 0) is 6.42 Å². The zero-order valence-corrected chi connectivity index (χ0v) is 18.4. The molecule has 0 aliphatic rings. The number of carboxylic acid groups (broad SMARTS) is 2. The van der Waals surface area contributed by atoms with E-state index >= 15 is 0 Å². The third kappa shape index (κ3) is 12.8. The molecule has 29 heavy (non-hydrogen) atoms. The van der Waals surface area contributed by atoms with Crippen LogP contribution in [0.15, 0.2) is 0 Å². The number of rotatable bonds is 13. The van der Waals surface area contributed by atoms with Gasteiger partial charge in [0.05, 0.1) is 5.75 Å². The molecule has 0 aromatic heterocycles. The van der Waals surface area contributed by atoms with E-state index in [-0.39, 0.29) is 41.3 Å². The molecule has 0 bridgehead atoms. The molecule has 0 aliphatic heterocycles. The molecule has 2 unspecified atom stereocenters. The number of carbonyl (C=O) groups excluding carboxylic acids is 4. The number of carbonyl (C=O) groups is 6. The Hall–Kier alpha value is -2.19. The van der Waals surface area contributed by atoms with E-state index in [1.165, 1.54) is 14.1 Å². The van der Waals surface area contributed by atoms with Crippen molar-refractivity contribution in [2.75, 3.05) is 32.1 Å².